The molecule has 1 aromatic carbocycles. The summed E-state index contributed by atoms with van der Waals surface area (Å²) in [7, 11) is 0. The highest BCUT2D eigenvalue weighted by atomic mass is 16.4. The van der Waals surface area contributed by atoms with Gasteiger partial charge in [0.1, 0.15) is 6.04 Å². The van der Waals surface area contributed by atoms with Gasteiger partial charge in [0.15, 0.2) is 0 Å². The summed E-state index contributed by atoms with van der Waals surface area (Å²) >= 11 is 0. The second-order valence-electron chi connectivity index (χ2n) is 8.82. The van der Waals surface area contributed by atoms with Gasteiger partial charge in [0, 0.05) is 12.5 Å². The van der Waals surface area contributed by atoms with E-state index in [0.29, 0.717) is 17.8 Å². The Balaban J connectivity index is 2.07. The number of benzene rings is 1. The molecule has 0 aliphatic heterocycles. The fourth-order valence-corrected chi connectivity index (χ4v) is 4.32. The molecule has 0 aromatic heterocycles. The van der Waals surface area contributed by atoms with Gasteiger partial charge in [-0.25, -0.2) is 4.79 Å². The molecule has 4 N–H and O–H groups in total. The van der Waals surface area contributed by atoms with Crippen LogP contribution in [0, 0.1) is 23.7 Å². The van der Waals surface area contributed by atoms with Gasteiger partial charge in [-0.15, -0.1) is 0 Å². The van der Waals surface area contributed by atoms with Crippen molar-refractivity contribution >= 4 is 17.9 Å². The molecule has 0 bridgehead atoms. The minimum absolute atomic E-state index is 0.0199. The van der Waals surface area contributed by atoms with Gasteiger partial charge in [-0.3, -0.25) is 9.59 Å². The molecule has 0 saturated heterocycles. The number of nitrogens with one attached hydrogen (secondary N) is 3. The van der Waals surface area contributed by atoms with Gasteiger partial charge in [0.05, 0.1) is 6.04 Å². The summed E-state index contributed by atoms with van der Waals surface area (Å²) in [5.41, 5.74) is 0.853. The number of amides is 3. The Hall–Kier alpha value is -2.57. The number of hydrogen-bond donors (Lipinski definition) is 4. The van der Waals surface area contributed by atoms with Crippen molar-refractivity contribution in [2.45, 2.75) is 59.0 Å². The third-order valence-electron chi connectivity index (χ3n) is 6.09. The lowest BCUT2D eigenvalue weighted by Gasteiger charge is -2.36. The first kappa shape index (κ1) is 23.7. The summed E-state index contributed by atoms with van der Waals surface area (Å²) in [6.07, 6.45) is 1.85. The highest BCUT2D eigenvalue weighted by Gasteiger charge is 2.35. The highest BCUT2D eigenvalue weighted by Crippen LogP contribution is 2.38. The molecule has 166 valence electrons. The van der Waals surface area contributed by atoms with Gasteiger partial charge >= 0.3 is 6.09 Å². The molecule has 0 heterocycles. The Morgan fingerprint density at radius 1 is 1.07 bits per heavy atom. The lowest BCUT2D eigenvalue weighted by atomic mass is 9.70. The molecule has 1 aromatic rings. The largest absolute Gasteiger partial charge is 0.465 e. The van der Waals surface area contributed by atoms with Crippen LogP contribution < -0.4 is 16.0 Å². The average molecular weight is 418 g/mol. The lowest BCUT2D eigenvalue weighted by molar-refractivity contribution is -0.130. The van der Waals surface area contributed by atoms with E-state index in [0.717, 1.165) is 24.8 Å². The Bertz CT molecular complexity index is 722. The standard InChI is InChI=1S/C23H35N3O4/c1-14(2)18-11-10-15(3)12-19(18)22(28)24-13-20(17-8-6-5-7-9-17)26-21(27)16(4)25-23(29)30/h5-9,14-16,18-20,25H,10-13H2,1-4H3,(H,24,28)(H,26,27)(H,29,30)/t15-,16?,18+,19-,20+/m1/s1. The quantitative estimate of drug-likeness (QED) is 0.520. The summed E-state index contributed by atoms with van der Waals surface area (Å²) < 4.78 is 0. The minimum Gasteiger partial charge on any atom is -0.465 e. The topological polar surface area (TPSA) is 108 Å². The Morgan fingerprint density at radius 2 is 1.73 bits per heavy atom. The van der Waals surface area contributed by atoms with Crippen molar-refractivity contribution in [2.24, 2.45) is 23.7 Å². The fraction of sp³-hybridized carbons (Fsp3) is 0.609. The van der Waals surface area contributed by atoms with Crippen molar-refractivity contribution < 1.29 is 19.5 Å². The SMILES string of the molecule is CC(NC(=O)O)C(=O)N[C@@H](CNC(=O)[C@@H]1C[C@H](C)CC[C@H]1C(C)C)c1ccccc1. The highest BCUT2D eigenvalue weighted by molar-refractivity contribution is 5.85. The number of carbonyl (C=O) groups is 3. The van der Waals surface area contributed by atoms with Gasteiger partial charge < -0.3 is 21.1 Å². The van der Waals surface area contributed by atoms with E-state index in [4.69, 9.17) is 5.11 Å². The Morgan fingerprint density at radius 3 is 2.33 bits per heavy atom. The molecule has 1 aliphatic carbocycles. The molecule has 1 aliphatic rings. The molecule has 1 unspecified atom stereocenters. The third-order valence-corrected chi connectivity index (χ3v) is 6.09. The van der Waals surface area contributed by atoms with Gasteiger partial charge in [0.2, 0.25) is 11.8 Å². The van der Waals surface area contributed by atoms with E-state index in [1.165, 1.54) is 6.92 Å². The molecule has 7 nitrogen and oxygen atoms in total. The maximum Gasteiger partial charge on any atom is 0.405 e. The summed E-state index contributed by atoms with van der Waals surface area (Å²) in [5, 5.41) is 16.9. The molecule has 30 heavy (non-hydrogen) atoms. The maximum atomic E-state index is 13.0. The number of hydrogen-bond acceptors (Lipinski definition) is 3. The zero-order valence-electron chi connectivity index (χ0n) is 18.4. The van der Waals surface area contributed by atoms with Crippen LogP contribution in [-0.2, 0) is 9.59 Å². The first-order valence-electron chi connectivity index (χ1n) is 10.8. The molecule has 3 amide bonds. The predicted molar refractivity (Wildman–Crippen MR) is 116 cm³/mol. The van der Waals surface area contributed by atoms with Gasteiger partial charge in [-0.05, 0) is 43.1 Å². The van der Waals surface area contributed by atoms with E-state index >= 15 is 0 Å². The van der Waals surface area contributed by atoms with Gasteiger partial charge in [-0.1, -0.05) is 57.5 Å². The van der Waals surface area contributed by atoms with Crippen LogP contribution in [0.5, 0.6) is 0 Å². The van der Waals surface area contributed by atoms with Crippen molar-refractivity contribution in [3.8, 4) is 0 Å². The second kappa shape index (κ2) is 11.0. The predicted octanol–water partition coefficient (Wildman–Crippen LogP) is 3.32. The van der Waals surface area contributed by atoms with E-state index in [1.807, 2.05) is 30.3 Å². The van der Waals surface area contributed by atoms with Crippen LogP contribution in [0.4, 0.5) is 4.79 Å². The summed E-state index contributed by atoms with van der Waals surface area (Å²) in [6, 6.07) is 8.04. The van der Waals surface area contributed by atoms with Crippen LogP contribution in [0.15, 0.2) is 30.3 Å². The molecule has 0 radical (unpaired) electrons. The molecule has 1 fully saturated rings. The van der Waals surface area contributed by atoms with Crippen LogP contribution in [0.25, 0.3) is 0 Å². The van der Waals surface area contributed by atoms with E-state index in [-0.39, 0.29) is 18.4 Å². The van der Waals surface area contributed by atoms with E-state index in [9.17, 15) is 14.4 Å². The van der Waals surface area contributed by atoms with Gasteiger partial charge in [0.25, 0.3) is 0 Å². The first-order chi connectivity index (χ1) is 14.2. The van der Waals surface area contributed by atoms with E-state index in [2.05, 4.69) is 36.7 Å². The summed E-state index contributed by atoms with van der Waals surface area (Å²) in [5.74, 6) is 0.919. The third kappa shape index (κ3) is 6.75. The van der Waals surface area contributed by atoms with Crippen molar-refractivity contribution in [2.75, 3.05) is 6.54 Å². The van der Waals surface area contributed by atoms with Crippen molar-refractivity contribution in [3.63, 3.8) is 0 Å². The zero-order valence-corrected chi connectivity index (χ0v) is 18.4. The molecular formula is C23H35N3O4. The molecule has 5 atom stereocenters. The molecular weight excluding hydrogens is 382 g/mol. The number of carboxylic acid groups (broad SMARTS) is 1. The average Bonchev–Trinajstić information content (AvgIpc) is 2.70. The Labute approximate surface area is 179 Å². The van der Waals surface area contributed by atoms with E-state index in [1.54, 1.807) is 0 Å². The molecule has 1 saturated carbocycles. The minimum atomic E-state index is -1.26. The maximum absolute atomic E-state index is 13.0. The van der Waals surface area contributed by atoms with Crippen LogP contribution in [-0.4, -0.2) is 35.6 Å². The molecule has 2 rings (SSSR count). The number of carbonyl (C=O) groups excluding carboxylic acids is 2. The monoisotopic (exact) mass is 417 g/mol. The smallest absolute Gasteiger partial charge is 0.405 e. The molecule has 0 spiro atoms. The summed E-state index contributed by atoms with van der Waals surface area (Å²) in [4.78, 5) is 36.3. The first-order valence-corrected chi connectivity index (χ1v) is 10.8. The number of rotatable bonds is 8. The van der Waals surface area contributed by atoms with Crippen LogP contribution in [0.3, 0.4) is 0 Å². The van der Waals surface area contributed by atoms with Crippen molar-refractivity contribution in [1.82, 2.24) is 16.0 Å². The van der Waals surface area contributed by atoms with Crippen LogP contribution in [0.2, 0.25) is 0 Å². The van der Waals surface area contributed by atoms with Crippen LogP contribution in [0.1, 0.15) is 58.6 Å². The van der Waals surface area contributed by atoms with Crippen molar-refractivity contribution in [1.29, 1.82) is 0 Å². The van der Waals surface area contributed by atoms with Gasteiger partial charge in [-0.2, -0.15) is 0 Å². The lowest BCUT2D eigenvalue weighted by Crippen LogP contribution is -2.48. The second-order valence-corrected chi connectivity index (χ2v) is 8.82. The summed E-state index contributed by atoms with van der Waals surface area (Å²) in [6.45, 7) is 8.28. The van der Waals surface area contributed by atoms with Crippen LogP contribution >= 0.6 is 0 Å². The normalized spacial score (nSPS) is 23.3. The zero-order chi connectivity index (χ0) is 22.3. The Kier molecular flexibility index (Phi) is 8.69. The van der Waals surface area contributed by atoms with E-state index < -0.39 is 24.1 Å². The fourth-order valence-electron chi connectivity index (χ4n) is 4.32. The molecule has 7 heteroatoms. The van der Waals surface area contributed by atoms with Crippen molar-refractivity contribution in [3.05, 3.63) is 35.9 Å².